The zero-order valence-corrected chi connectivity index (χ0v) is 9.51. The summed E-state index contributed by atoms with van der Waals surface area (Å²) in [4.78, 5) is 23.9. The molecule has 0 spiro atoms. The van der Waals surface area contributed by atoms with Crippen LogP contribution in [-0.2, 0) is 9.53 Å². The van der Waals surface area contributed by atoms with Crippen molar-refractivity contribution in [2.75, 3.05) is 20.7 Å². The number of hydrogen-bond donors (Lipinski definition) is 2. The number of phenols is 2. The number of aromatic hydroxyl groups is 2. The fourth-order valence-corrected chi connectivity index (χ4v) is 1.03. The first-order valence-corrected chi connectivity index (χ1v) is 4.81. The highest BCUT2D eigenvalue weighted by molar-refractivity contribution is 5.94. The van der Waals surface area contributed by atoms with Crippen LogP contribution in [0, 0.1) is 0 Å². The first kappa shape index (κ1) is 12.8. The van der Waals surface area contributed by atoms with E-state index in [0.717, 1.165) is 6.07 Å². The van der Waals surface area contributed by atoms with Crippen molar-refractivity contribution >= 4 is 11.9 Å². The molecule has 0 aromatic heterocycles. The van der Waals surface area contributed by atoms with Gasteiger partial charge in [-0.15, -0.1) is 0 Å². The van der Waals surface area contributed by atoms with E-state index in [4.69, 9.17) is 9.84 Å². The van der Waals surface area contributed by atoms with Gasteiger partial charge in [0.15, 0.2) is 6.61 Å². The van der Waals surface area contributed by atoms with Gasteiger partial charge >= 0.3 is 5.97 Å². The van der Waals surface area contributed by atoms with Gasteiger partial charge in [0, 0.05) is 20.2 Å². The summed E-state index contributed by atoms with van der Waals surface area (Å²) in [7, 11) is 3.07. The summed E-state index contributed by atoms with van der Waals surface area (Å²) in [5.74, 6) is -1.75. The molecule has 0 fully saturated rings. The van der Waals surface area contributed by atoms with Crippen LogP contribution in [0.1, 0.15) is 10.4 Å². The van der Waals surface area contributed by atoms with Gasteiger partial charge in [0.25, 0.3) is 5.91 Å². The lowest BCUT2D eigenvalue weighted by Crippen LogP contribution is -2.27. The Morgan fingerprint density at radius 2 is 1.94 bits per heavy atom. The van der Waals surface area contributed by atoms with Crippen LogP contribution in [0.5, 0.6) is 11.5 Å². The zero-order chi connectivity index (χ0) is 13.0. The van der Waals surface area contributed by atoms with Crippen molar-refractivity contribution in [3.05, 3.63) is 23.8 Å². The Kier molecular flexibility index (Phi) is 3.92. The normalized spacial score (nSPS) is 9.76. The molecule has 1 amide bonds. The molecule has 0 atom stereocenters. The molecule has 92 valence electrons. The van der Waals surface area contributed by atoms with Crippen molar-refractivity contribution in [3.8, 4) is 11.5 Å². The quantitative estimate of drug-likeness (QED) is 0.743. The van der Waals surface area contributed by atoms with Gasteiger partial charge in [-0.2, -0.15) is 0 Å². The number of rotatable bonds is 3. The minimum absolute atomic E-state index is 0.102. The van der Waals surface area contributed by atoms with E-state index in [9.17, 15) is 14.7 Å². The molecular formula is C11H13NO5. The van der Waals surface area contributed by atoms with E-state index in [2.05, 4.69) is 0 Å². The third-order valence-corrected chi connectivity index (χ3v) is 2.03. The third kappa shape index (κ3) is 3.37. The van der Waals surface area contributed by atoms with Gasteiger partial charge in [0.1, 0.15) is 17.1 Å². The van der Waals surface area contributed by atoms with Crippen LogP contribution >= 0.6 is 0 Å². The largest absolute Gasteiger partial charge is 0.508 e. The van der Waals surface area contributed by atoms with Crippen LogP contribution < -0.4 is 0 Å². The zero-order valence-electron chi connectivity index (χ0n) is 9.51. The van der Waals surface area contributed by atoms with Crippen LogP contribution in [0.4, 0.5) is 0 Å². The van der Waals surface area contributed by atoms with E-state index >= 15 is 0 Å². The number of nitrogens with zero attached hydrogens (tertiary/aromatic N) is 1. The van der Waals surface area contributed by atoms with Crippen LogP contribution in [-0.4, -0.2) is 47.7 Å². The Morgan fingerprint density at radius 1 is 1.29 bits per heavy atom. The molecule has 1 rings (SSSR count). The van der Waals surface area contributed by atoms with Crippen molar-refractivity contribution in [2.24, 2.45) is 0 Å². The number of ether oxygens (including phenoxy) is 1. The first-order valence-electron chi connectivity index (χ1n) is 4.81. The Hall–Kier alpha value is -2.24. The molecule has 0 saturated carbocycles. The number of benzene rings is 1. The molecule has 1 aromatic rings. The van der Waals surface area contributed by atoms with E-state index in [0.29, 0.717) is 0 Å². The molecule has 17 heavy (non-hydrogen) atoms. The van der Waals surface area contributed by atoms with Gasteiger partial charge in [-0.25, -0.2) is 4.79 Å². The van der Waals surface area contributed by atoms with Gasteiger partial charge in [-0.1, -0.05) is 0 Å². The molecule has 0 radical (unpaired) electrons. The fourth-order valence-electron chi connectivity index (χ4n) is 1.03. The molecule has 2 N–H and O–H groups in total. The third-order valence-electron chi connectivity index (χ3n) is 2.03. The highest BCUT2D eigenvalue weighted by atomic mass is 16.5. The standard InChI is InChI=1S/C11H13NO5/c1-12(2)10(15)6-17-11(16)8-4-3-7(13)5-9(8)14/h3-5,13-14H,6H2,1-2H3. The van der Waals surface area contributed by atoms with Crippen molar-refractivity contribution in [2.45, 2.75) is 0 Å². The highest BCUT2D eigenvalue weighted by Gasteiger charge is 2.15. The van der Waals surface area contributed by atoms with Crippen LogP contribution in [0.25, 0.3) is 0 Å². The van der Waals surface area contributed by atoms with Gasteiger partial charge < -0.3 is 19.8 Å². The number of amides is 1. The molecule has 0 bridgehead atoms. The van der Waals surface area contributed by atoms with Crippen molar-refractivity contribution in [1.29, 1.82) is 0 Å². The maximum atomic E-state index is 11.5. The molecule has 0 aliphatic heterocycles. The monoisotopic (exact) mass is 239 g/mol. The van der Waals surface area contributed by atoms with Gasteiger partial charge in [-0.3, -0.25) is 4.79 Å². The summed E-state index contributed by atoms with van der Waals surface area (Å²) >= 11 is 0. The van der Waals surface area contributed by atoms with Gasteiger partial charge in [-0.05, 0) is 12.1 Å². The lowest BCUT2D eigenvalue weighted by molar-refractivity contribution is -0.131. The average molecular weight is 239 g/mol. The molecule has 0 aliphatic rings. The smallest absolute Gasteiger partial charge is 0.342 e. The summed E-state index contributed by atoms with van der Waals surface area (Å²) in [5.41, 5.74) is -0.102. The molecule has 0 unspecified atom stereocenters. The summed E-state index contributed by atoms with van der Waals surface area (Å²) in [5, 5.41) is 18.4. The van der Waals surface area contributed by atoms with Crippen LogP contribution in [0.2, 0.25) is 0 Å². The molecular weight excluding hydrogens is 226 g/mol. The number of likely N-dealkylation sites (N-methyl/N-ethyl adjacent to an activating group) is 1. The maximum absolute atomic E-state index is 11.5. The lowest BCUT2D eigenvalue weighted by atomic mass is 10.2. The molecule has 0 saturated heterocycles. The lowest BCUT2D eigenvalue weighted by Gasteiger charge is -2.10. The van der Waals surface area contributed by atoms with Gasteiger partial charge in [0.05, 0.1) is 0 Å². The van der Waals surface area contributed by atoms with E-state index in [1.807, 2.05) is 0 Å². The predicted octanol–water partition coefficient (Wildman–Crippen LogP) is 0.343. The fraction of sp³-hybridized carbons (Fsp3) is 0.273. The minimum atomic E-state index is -0.822. The first-order chi connectivity index (χ1) is 7.91. The maximum Gasteiger partial charge on any atom is 0.342 e. The molecule has 6 nitrogen and oxygen atoms in total. The van der Waals surface area contributed by atoms with E-state index in [1.165, 1.54) is 31.1 Å². The number of phenolic OH excluding ortho intramolecular Hbond substituents is 2. The second kappa shape index (κ2) is 5.20. The van der Waals surface area contributed by atoms with E-state index in [1.54, 1.807) is 0 Å². The molecule has 0 aliphatic carbocycles. The summed E-state index contributed by atoms with van der Waals surface area (Å²) in [6.45, 7) is -0.397. The topological polar surface area (TPSA) is 87.1 Å². The molecule has 6 heteroatoms. The Bertz CT molecular complexity index is 441. The SMILES string of the molecule is CN(C)C(=O)COC(=O)c1ccc(O)cc1O. The predicted molar refractivity (Wildman–Crippen MR) is 58.7 cm³/mol. The summed E-state index contributed by atoms with van der Waals surface area (Å²) in [6, 6.07) is 3.47. The number of carbonyl (C=O) groups is 2. The number of carbonyl (C=O) groups excluding carboxylic acids is 2. The number of esters is 1. The van der Waals surface area contributed by atoms with Crippen molar-refractivity contribution in [1.82, 2.24) is 4.90 Å². The van der Waals surface area contributed by atoms with Crippen molar-refractivity contribution < 1.29 is 24.5 Å². The van der Waals surface area contributed by atoms with Crippen molar-refractivity contribution in [3.63, 3.8) is 0 Å². The Morgan fingerprint density at radius 3 is 2.47 bits per heavy atom. The molecule has 1 aromatic carbocycles. The Labute approximate surface area is 98.0 Å². The van der Waals surface area contributed by atoms with E-state index < -0.39 is 18.3 Å². The van der Waals surface area contributed by atoms with Crippen LogP contribution in [0.3, 0.4) is 0 Å². The van der Waals surface area contributed by atoms with Gasteiger partial charge in [0.2, 0.25) is 0 Å². The number of hydrogen-bond acceptors (Lipinski definition) is 5. The second-order valence-corrected chi connectivity index (χ2v) is 3.57. The minimum Gasteiger partial charge on any atom is -0.508 e. The molecule has 0 heterocycles. The van der Waals surface area contributed by atoms with Crippen LogP contribution in [0.15, 0.2) is 18.2 Å². The average Bonchev–Trinajstić information content (AvgIpc) is 2.25. The second-order valence-electron chi connectivity index (χ2n) is 3.57. The van der Waals surface area contributed by atoms with E-state index in [-0.39, 0.29) is 17.2 Å². The summed E-state index contributed by atoms with van der Waals surface area (Å²) in [6.07, 6.45) is 0. The summed E-state index contributed by atoms with van der Waals surface area (Å²) < 4.78 is 4.70. The highest BCUT2D eigenvalue weighted by Crippen LogP contribution is 2.23. The Balaban J connectivity index is 2.68.